The number of allylic oxidation sites excluding steroid dienone is 1. The van der Waals surface area contributed by atoms with E-state index >= 15 is 0 Å². The van der Waals surface area contributed by atoms with E-state index in [-0.39, 0.29) is 0 Å². The van der Waals surface area contributed by atoms with Crippen molar-refractivity contribution in [1.29, 1.82) is 0 Å². The predicted octanol–water partition coefficient (Wildman–Crippen LogP) is 4.83. The minimum absolute atomic E-state index is 0.751. The van der Waals surface area contributed by atoms with Gasteiger partial charge in [-0.05, 0) is 0 Å². The van der Waals surface area contributed by atoms with Gasteiger partial charge in [0, 0.05) is 0 Å². The molecule has 23 heavy (non-hydrogen) atoms. The van der Waals surface area contributed by atoms with E-state index in [1.54, 1.807) is 8.65 Å². The van der Waals surface area contributed by atoms with Crippen molar-refractivity contribution in [2.75, 3.05) is 0 Å². The summed E-state index contributed by atoms with van der Waals surface area (Å²) < 4.78 is 3.09. The zero-order valence-electron chi connectivity index (χ0n) is 14.4. The van der Waals surface area contributed by atoms with Gasteiger partial charge in [-0.1, -0.05) is 0 Å². The van der Waals surface area contributed by atoms with Crippen molar-refractivity contribution in [3.05, 3.63) is 70.8 Å². The molecule has 1 aliphatic carbocycles. The van der Waals surface area contributed by atoms with Crippen molar-refractivity contribution in [2.45, 2.75) is 43.6 Å². The molecule has 0 aliphatic heterocycles. The third-order valence-corrected chi connectivity index (χ3v) is 10.7. The van der Waals surface area contributed by atoms with Gasteiger partial charge >= 0.3 is 153 Å². The molecule has 0 aromatic heterocycles. The van der Waals surface area contributed by atoms with Crippen LogP contribution in [-0.4, -0.2) is 0 Å². The molecule has 2 heteroatoms. The van der Waals surface area contributed by atoms with Gasteiger partial charge in [0.2, 0.25) is 0 Å². The molecule has 0 heterocycles. The molecule has 3 rings (SSSR count). The summed E-state index contributed by atoms with van der Waals surface area (Å²) in [5.74, 6) is 0. The normalized spacial score (nSPS) is 13.2. The number of aryl methyl sites for hydroxylation is 1. The Bertz CT molecular complexity index is 662. The third kappa shape index (κ3) is 4.47. The van der Waals surface area contributed by atoms with E-state index in [1.807, 2.05) is 0 Å². The topological polar surface area (TPSA) is 12.0 Å². The number of rotatable bonds is 6. The summed E-state index contributed by atoms with van der Waals surface area (Å²) in [5, 5.41) is 3.72. The van der Waals surface area contributed by atoms with Crippen LogP contribution in [0.25, 0.3) is 5.70 Å². The number of hydrogen-bond donors (Lipinski definition) is 1. The molecule has 2 aromatic carbocycles. The summed E-state index contributed by atoms with van der Waals surface area (Å²) in [6.07, 6.45) is 3.84. The predicted molar refractivity (Wildman–Crippen MR) is 95.3 cm³/mol. The Balaban J connectivity index is 1.71. The molecule has 0 radical (unpaired) electrons. The van der Waals surface area contributed by atoms with Crippen LogP contribution in [-0.2, 0) is 31.1 Å². The van der Waals surface area contributed by atoms with Crippen LogP contribution in [0.2, 0.25) is 3.93 Å². The molecule has 0 saturated heterocycles. The van der Waals surface area contributed by atoms with Crippen LogP contribution in [0.15, 0.2) is 54.1 Å². The molecular weight excluding hydrogens is 467 g/mol. The van der Waals surface area contributed by atoms with Gasteiger partial charge in [-0.2, -0.15) is 0 Å². The van der Waals surface area contributed by atoms with E-state index in [1.165, 1.54) is 45.6 Å². The van der Waals surface area contributed by atoms with E-state index in [2.05, 4.69) is 67.7 Å². The SMILES string of the molecule is C[CH2][Hg][c]1ccc(CNC(=C2CCC2)c2ccc(C)cc2)cc1. The van der Waals surface area contributed by atoms with Gasteiger partial charge in [0.05, 0.1) is 0 Å². The summed E-state index contributed by atoms with van der Waals surface area (Å²) in [4.78, 5) is 0. The van der Waals surface area contributed by atoms with Gasteiger partial charge in [-0.15, -0.1) is 0 Å². The monoisotopic (exact) mass is 493 g/mol. The number of hydrogen-bond acceptors (Lipinski definition) is 1. The maximum absolute atomic E-state index is 3.72. The average Bonchev–Trinajstić information content (AvgIpc) is 2.52. The molecule has 116 valence electrons. The van der Waals surface area contributed by atoms with Gasteiger partial charge in [0.15, 0.2) is 0 Å². The fraction of sp³-hybridized carbons (Fsp3) is 0.333. The molecule has 0 bridgehead atoms. The van der Waals surface area contributed by atoms with Crippen LogP contribution in [0.4, 0.5) is 0 Å². The molecule has 1 nitrogen and oxygen atoms in total. The summed E-state index contributed by atoms with van der Waals surface area (Å²) in [5.41, 5.74) is 7.01. The van der Waals surface area contributed by atoms with Crippen LogP contribution in [0.1, 0.15) is 42.9 Å². The van der Waals surface area contributed by atoms with Gasteiger partial charge in [0.1, 0.15) is 0 Å². The van der Waals surface area contributed by atoms with Gasteiger partial charge in [-0.3, -0.25) is 0 Å². The van der Waals surface area contributed by atoms with Crippen LogP contribution in [0, 0.1) is 6.92 Å². The van der Waals surface area contributed by atoms with E-state index < -0.39 is 24.6 Å². The Kier molecular flexibility index (Phi) is 5.94. The first-order valence-electron chi connectivity index (χ1n) is 8.87. The van der Waals surface area contributed by atoms with Crippen LogP contribution in [0.5, 0.6) is 0 Å². The summed E-state index contributed by atoms with van der Waals surface area (Å²) >= 11 is -0.751. The molecule has 1 saturated carbocycles. The molecular formula is C21H25HgN. The first-order valence-corrected chi connectivity index (χ1v) is 15.5. The molecule has 1 N–H and O–H groups in total. The van der Waals surface area contributed by atoms with Crippen molar-refractivity contribution in [3.63, 3.8) is 0 Å². The molecule has 0 amide bonds. The Morgan fingerprint density at radius 2 is 1.70 bits per heavy atom. The van der Waals surface area contributed by atoms with Crippen molar-refractivity contribution >= 4 is 8.77 Å². The van der Waals surface area contributed by atoms with Crippen molar-refractivity contribution in [3.8, 4) is 0 Å². The summed E-state index contributed by atoms with van der Waals surface area (Å²) in [6, 6.07) is 18.3. The third-order valence-electron chi connectivity index (χ3n) is 4.68. The quantitative estimate of drug-likeness (QED) is 0.571. The standard InChI is InChI=1S/C19H20N.C2H5.Hg/c1-15-10-12-18(13-11-15)19(17-8-5-9-17)20-14-16-6-3-2-4-7-16;1-2;/h3-4,6-7,10-13,20H,5,8-9,14H2,1H3;1H2,2H3;. The molecule has 0 unspecified atom stereocenters. The van der Waals surface area contributed by atoms with E-state index in [9.17, 15) is 0 Å². The summed E-state index contributed by atoms with van der Waals surface area (Å²) in [7, 11) is 0. The van der Waals surface area contributed by atoms with Crippen molar-refractivity contribution < 1.29 is 24.6 Å². The summed E-state index contributed by atoms with van der Waals surface area (Å²) in [6.45, 7) is 5.40. The maximum atomic E-state index is 3.72. The van der Waals surface area contributed by atoms with E-state index in [0.717, 1.165) is 6.54 Å². The second-order valence-corrected chi connectivity index (χ2v) is 15.6. The zero-order valence-corrected chi connectivity index (χ0v) is 19.9. The number of benzene rings is 2. The van der Waals surface area contributed by atoms with Crippen molar-refractivity contribution in [1.82, 2.24) is 5.32 Å². The van der Waals surface area contributed by atoms with Gasteiger partial charge in [0.25, 0.3) is 0 Å². The first-order chi connectivity index (χ1) is 11.3. The Morgan fingerprint density at radius 1 is 1.00 bits per heavy atom. The minimum atomic E-state index is -0.751. The molecule has 0 spiro atoms. The first kappa shape index (κ1) is 16.8. The number of nitrogens with one attached hydrogen (secondary N) is 1. The van der Waals surface area contributed by atoms with Crippen LogP contribution < -0.4 is 8.39 Å². The van der Waals surface area contributed by atoms with Crippen LogP contribution >= 0.6 is 0 Å². The van der Waals surface area contributed by atoms with Crippen molar-refractivity contribution in [2.24, 2.45) is 0 Å². The average molecular weight is 492 g/mol. The molecule has 0 atom stereocenters. The Labute approximate surface area is 152 Å². The van der Waals surface area contributed by atoms with E-state index in [0.29, 0.717) is 0 Å². The molecule has 1 aliphatic rings. The second-order valence-electron chi connectivity index (χ2n) is 6.62. The van der Waals surface area contributed by atoms with Crippen LogP contribution in [0.3, 0.4) is 0 Å². The Hall–Kier alpha value is -1.08. The fourth-order valence-corrected chi connectivity index (χ4v) is 7.51. The van der Waals surface area contributed by atoms with E-state index in [4.69, 9.17) is 0 Å². The Morgan fingerprint density at radius 3 is 2.26 bits per heavy atom. The van der Waals surface area contributed by atoms with Gasteiger partial charge in [-0.25, -0.2) is 0 Å². The molecule has 2 aromatic rings. The zero-order chi connectivity index (χ0) is 16.1. The molecule has 1 fully saturated rings. The fourth-order valence-electron chi connectivity index (χ4n) is 3.06. The second kappa shape index (κ2) is 8.14. The van der Waals surface area contributed by atoms with Gasteiger partial charge < -0.3 is 0 Å².